The number of carbonyl (C=O) groups excluding carboxylic acids is 1. The molecule has 0 atom stereocenters. The number of thioether (sulfide) groups is 2. The summed E-state index contributed by atoms with van der Waals surface area (Å²) in [7, 11) is 4.28. The first kappa shape index (κ1) is 19.3. The van der Waals surface area contributed by atoms with E-state index in [4.69, 9.17) is 0 Å². The van der Waals surface area contributed by atoms with Crippen LogP contribution in [0, 0.1) is 0 Å². The van der Waals surface area contributed by atoms with E-state index in [0.717, 1.165) is 12.1 Å². The van der Waals surface area contributed by atoms with Gasteiger partial charge in [-0.05, 0) is 41.2 Å². The zero-order chi connectivity index (χ0) is 18.4. The Morgan fingerprint density at radius 3 is 2.35 bits per heavy atom. The van der Waals surface area contributed by atoms with Crippen LogP contribution in [0.1, 0.15) is 38.1 Å². The van der Waals surface area contributed by atoms with Crippen LogP contribution in [-0.2, 0) is 13.1 Å². The van der Waals surface area contributed by atoms with E-state index in [2.05, 4.69) is 49.7 Å². The predicted molar refractivity (Wildman–Crippen MR) is 113 cm³/mol. The molecule has 1 aliphatic heterocycles. The topological polar surface area (TPSA) is 33.5 Å². The molecule has 3 rings (SSSR count). The monoisotopic (exact) mass is 387 g/mol. The Balaban J connectivity index is 1.60. The summed E-state index contributed by atoms with van der Waals surface area (Å²) in [6.45, 7) is 1.52. The third-order valence-electron chi connectivity index (χ3n) is 4.37. The molecule has 1 amide bonds. The average Bonchev–Trinajstić information content (AvgIpc) is 2.67. The minimum Gasteiger partial charge on any atom is -0.348 e. The third kappa shape index (κ3) is 5.29. The molecule has 138 valence electrons. The van der Waals surface area contributed by atoms with E-state index in [1.165, 1.54) is 39.5 Å². The summed E-state index contributed by atoms with van der Waals surface area (Å²) in [4.78, 5) is 13.9. The second-order valence-corrected chi connectivity index (χ2v) is 9.61. The number of hydrogen-bond acceptors (Lipinski definition) is 3. The lowest BCUT2D eigenvalue weighted by atomic mass is 10.1. The molecule has 0 aliphatic carbocycles. The van der Waals surface area contributed by atoms with Crippen LogP contribution >= 0.6 is 23.5 Å². The molecule has 1 aliphatic rings. The highest BCUT2D eigenvalue weighted by atomic mass is 32.2. The summed E-state index contributed by atoms with van der Waals surface area (Å²) in [5.41, 5.74) is 4.52. The van der Waals surface area contributed by atoms with E-state index in [1.54, 1.807) is 0 Å². The Morgan fingerprint density at radius 1 is 1.04 bits per heavy atom. The van der Waals surface area contributed by atoms with Crippen LogP contribution in [0.3, 0.4) is 0 Å². The fourth-order valence-corrected chi connectivity index (χ4v) is 5.93. The minimum atomic E-state index is -0.00694. The van der Waals surface area contributed by atoms with Crippen molar-refractivity contribution in [2.24, 2.45) is 0 Å². The van der Waals surface area contributed by atoms with Crippen LogP contribution in [0.25, 0.3) is 0 Å². The molecular weight excluding hydrogens is 360 g/mol. The first-order valence-electron chi connectivity index (χ1n) is 9.10. The van der Waals surface area contributed by atoms with Crippen LogP contribution in [0.5, 0.6) is 0 Å². The van der Waals surface area contributed by atoms with Gasteiger partial charge in [-0.15, -0.1) is 23.5 Å². The standard InChI is InChI=1S/C21H26N2OS2/c1-23(2)15-19-7-4-3-6-18(19)14-22-20(24)16-8-10-17(11-9-16)21-25-12-5-13-26-21/h3-4,6-11,21H,5,12-15H2,1-2H3,(H,22,24)/p+1. The highest BCUT2D eigenvalue weighted by Crippen LogP contribution is 2.43. The van der Waals surface area contributed by atoms with Crippen molar-refractivity contribution in [3.63, 3.8) is 0 Å². The Bertz CT molecular complexity index is 725. The largest absolute Gasteiger partial charge is 0.348 e. The predicted octanol–water partition coefficient (Wildman–Crippen LogP) is 3.13. The fraction of sp³-hybridized carbons (Fsp3) is 0.381. The van der Waals surface area contributed by atoms with E-state index in [0.29, 0.717) is 11.1 Å². The van der Waals surface area contributed by atoms with Crippen LogP contribution < -0.4 is 10.2 Å². The zero-order valence-electron chi connectivity index (χ0n) is 15.5. The van der Waals surface area contributed by atoms with Crippen LogP contribution in [0.2, 0.25) is 0 Å². The molecule has 0 saturated carbocycles. The van der Waals surface area contributed by atoms with Crippen molar-refractivity contribution in [2.75, 3.05) is 25.6 Å². The Labute approximate surface area is 164 Å². The van der Waals surface area contributed by atoms with E-state index < -0.39 is 0 Å². The highest BCUT2D eigenvalue weighted by Gasteiger charge is 2.17. The maximum atomic E-state index is 12.5. The molecule has 0 aromatic heterocycles. The van der Waals surface area contributed by atoms with Gasteiger partial charge < -0.3 is 10.2 Å². The molecule has 3 nitrogen and oxygen atoms in total. The van der Waals surface area contributed by atoms with Crippen molar-refractivity contribution >= 4 is 29.4 Å². The number of quaternary nitrogens is 1. The highest BCUT2D eigenvalue weighted by molar-refractivity contribution is 8.16. The van der Waals surface area contributed by atoms with Crippen LogP contribution in [0.15, 0.2) is 48.5 Å². The Morgan fingerprint density at radius 2 is 1.69 bits per heavy atom. The molecule has 1 heterocycles. The van der Waals surface area contributed by atoms with Crippen molar-refractivity contribution in [1.82, 2.24) is 5.32 Å². The summed E-state index contributed by atoms with van der Waals surface area (Å²) >= 11 is 4.01. The molecule has 2 aromatic carbocycles. The molecule has 26 heavy (non-hydrogen) atoms. The van der Waals surface area contributed by atoms with Gasteiger partial charge in [0.05, 0.1) is 18.7 Å². The molecule has 1 saturated heterocycles. The number of rotatable bonds is 6. The van der Waals surface area contributed by atoms with Gasteiger partial charge in [-0.25, -0.2) is 0 Å². The van der Waals surface area contributed by atoms with E-state index in [9.17, 15) is 4.79 Å². The molecule has 0 radical (unpaired) electrons. The average molecular weight is 388 g/mol. The molecule has 5 heteroatoms. The van der Waals surface area contributed by atoms with Gasteiger partial charge in [0.15, 0.2) is 0 Å². The lowest BCUT2D eigenvalue weighted by Gasteiger charge is -2.21. The van der Waals surface area contributed by atoms with Crippen LogP contribution in [0.4, 0.5) is 0 Å². The number of amides is 1. The second-order valence-electron chi connectivity index (χ2n) is 6.88. The van der Waals surface area contributed by atoms with Gasteiger partial charge in [0.25, 0.3) is 5.91 Å². The Hall–Kier alpha value is -1.43. The van der Waals surface area contributed by atoms with Crippen molar-refractivity contribution in [2.45, 2.75) is 24.1 Å². The van der Waals surface area contributed by atoms with Crippen molar-refractivity contribution in [1.29, 1.82) is 0 Å². The molecule has 0 bridgehead atoms. The van der Waals surface area contributed by atoms with Gasteiger partial charge in [0.1, 0.15) is 6.54 Å². The van der Waals surface area contributed by atoms with Gasteiger partial charge in [-0.2, -0.15) is 0 Å². The lowest BCUT2D eigenvalue weighted by Crippen LogP contribution is -3.04. The van der Waals surface area contributed by atoms with Gasteiger partial charge in [-0.1, -0.05) is 36.4 Å². The smallest absolute Gasteiger partial charge is 0.251 e. The summed E-state index contributed by atoms with van der Waals surface area (Å²) in [6.07, 6.45) is 1.29. The van der Waals surface area contributed by atoms with E-state index in [1.807, 2.05) is 41.7 Å². The molecular formula is C21H27N2OS2+. The number of benzene rings is 2. The third-order valence-corrected chi connectivity index (χ3v) is 7.39. The normalized spacial score (nSPS) is 15.2. The summed E-state index contributed by atoms with van der Waals surface area (Å²) in [5, 5.41) is 3.07. The number of hydrogen-bond donors (Lipinski definition) is 2. The van der Waals surface area contributed by atoms with Gasteiger partial charge >= 0.3 is 0 Å². The maximum absolute atomic E-state index is 12.5. The SMILES string of the molecule is C[NH+](C)Cc1ccccc1CNC(=O)c1ccc(C2SCCCS2)cc1. The first-order chi connectivity index (χ1) is 12.6. The summed E-state index contributed by atoms with van der Waals surface area (Å²) in [6, 6.07) is 16.4. The fourth-order valence-electron chi connectivity index (χ4n) is 3.03. The molecule has 1 fully saturated rings. The second kappa shape index (κ2) is 9.49. The molecule has 0 unspecified atom stereocenters. The van der Waals surface area contributed by atoms with Crippen molar-refractivity contribution < 1.29 is 9.69 Å². The van der Waals surface area contributed by atoms with Crippen molar-refractivity contribution in [3.8, 4) is 0 Å². The molecule has 2 N–H and O–H groups in total. The van der Waals surface area contributed by atoms with Gasteiger partial charge in [0, 0.05) is 17.7 Å². The summed E-state index contributed by atoms with van der Waals surface area (Å²) in [5.74, 6) is 2.45. The van der Waals surface area contributed by atoms with E-state index in [-0.39, 0.29) is 5.91 Å². The maximum Gasteiger partial charge on any atom is 0.251 e. The lowest BCUT2D eigenvalue weighted by molar-refractivity contribution is -0.872. The number of carbonyl (C=O) groups is 1. The minimum absolute atomic E-state index is 0.00694. The quantitative estimate of drug-likeness (QED) is 0.799. The van der Waals surface area contributed by atoms with Crippen LogP contribution in [-0.4, -0.2) is 31.5 Å². The molecule has 2 aromatic rings. The summed E-state index contributed by atoms with van der Waals surface area (Å²) < 4.78 is 0.515. The molecule has 0 spiro atoms. The zero-order valence-corrected chi connectivity index (χ0v) is 17.1. The van der Waals surface area contributed by atoms with E-state index >= 15 is 0 Å². The number of nitrogens with one attached hydrogen (secondary N) is 2. The first-order valence-corrected chi connectivity index (χ1v) is 11.2. The van der Waals surface area contributed by atoms with Gasteiger partial charge in [-0.3, -0.25) is 4.79 Å². The van der Waals surface area contributed by atoms with Gasteiger partial charge in [0.2, 0.25) is 0 Å². The van der Waals surface area contributed by atoms with Crippen molar-refractivity contribution in [3.05, 3.63) is 70.8 Å². The Kier molecular flexibility index (Phi) is 7.06.